The number of furan rings is 1. The molecule has 0 bridgehead atoms. The highest BCUT2D eigenvalue weighted by Gasteiger charge is 2.20. The second kappa shape index (κ2) is 5.26. The van der Waals surface area contributed by atoms with Crippen molar-refractivity contribution < 1.29 is 9.21 Å². The SMILES string of the molecule is Cc1oc(C)c(C(=O)NC(C)c2cccnc2)c1C. The molecular formula is C15H18N2O2. The van der Waals surface area contributed by atoms with E-state index in [2.05, 4.69) is 10.3 Å². The molecule has 2 heterocycles. The van der Waals surface area contributed by atoms with Gasteiger partial charge in [0.15, 0.2) is 0 Å². The fourth-order valence-electron chi connectivity index (χ4n) is 2.11. The van der Waals surface area contributed by atoms with Crippen LogP contribution in [-0.2, 0) is 0 Å². The van der Waals surface area contributed by atoms with Crippen LogP contribution >= 0.6 is 0 Å². The standard InChI is InChI=1S/C15H18N2O2/c1-9-11(3)19-12(4)14(9)15(18)17-10(2)13-6-5-7-16-8-13/h5-8,10H,1-4H3,(H,17,18). The summed E-state index contributed by atoms with van der Waals surface area (Å²) in [5.41, 5.74) is 2.51. The maximum absolute atomic E-state index is 12.3. The minimum Gasteiger partial charge on any atom is -0.466 e. The second-order valence-electron chi connectivity index (χ2n) is 4.70. The van der Waals surface area contributed by atoms with Crippen LogP contribution in [0.25, 0.3) is 0 Å². The molecule has 4 heteroatoms. The van der Waals surface area contributed by atoms with E-state index >= 15 is 0 Å². The maximum atomic E-state index is 12.3. The summed E-state index contributed by atoms with van der Waals surface area (Å²) < 4.78 is 5.48. The van der Waals surface area contributed by atoms with E-state index in [0.717, 1.165) is 16.9 Å². The van der Waals surface area contributed by atoms with E-state index in [9.17, 15) is 4.79 Å². The van der Waals surface area contributed by atoms with Gasteiger partial charge in [0.2, 0.25) is 0 Å². The monoisotopic (exact) mass is 258 g/mol. The number of aryl methyl sites for hydroxylation is 2. The molecular weight excluding hydrogens is 240 g/mol. The van der Waals surface area contributed by atoms with Crippen LogP contribution < -0.4 is 5.32 Å². The van der Waals surface area contributed by atoms with Crippen molar-refractivity contribution in [1.29, 1.82) is 0 Å². The van der Waals surface area contributed by atoms with E-state index in [-0.39, 0.29) is 11.9 Å². The Morgan fingerprint density at radius 1 is 1.32 bits per heavy atom. The van der Waals surface area contributed by atoms with Gasteiger partial charge in [0.25, 0.3) is 5.91 Å². The Morgan fingerprint density at radius 2 is 2.05 bits per heavy atom. The van der Waals surface area contributed by atoms with Gasteiger partial charge in [0, 0.05) is 18.0 Å². The van der Waals surface area contributed by atoms with Crippen LogP contribution in [0.5, 0.6) is 0 Å². The number of hydrogen-bond donors (Lipinski definition) is 1. The van der Waals surface area contributed by atoms with Crippen LogP contribution in [-0.4, -0.2) is 10.9 Å². The third-order valence-electron chi connectivity index (χ3n) is 3.32. The molecule has 0 fully saturated rings. The summed E-state index contributed by atoms with van der Waals surface area (Å²) in [5, 5.41) is 2.97. The van der Waals surface area contributed by atoms with Crippen molar-refractivity contribution in [1.82, 2.24) is 10.3 Å². The normalized spacial score (nSPS) is 12.2. The molecule has 1 unspecified atom stereocenters. The largest absolute Gasteiger partial charge is 0.466 e. The third-order valence-corrected chi connectivity index (χ3v) is 3.32. The minimum absolute atomic E-state index is 0.0878. The lowest BCUT2D eigenvalue weighted by molar-refractivity contribution is 0.0938. The van der Waals surface area contributed by atoms with Gasteiger partial charge in [-0.2, -0.15) is 0 Å². The molecule has 0 aliphatic rings. The van der Waals surface area contributed by atoms with Crippen LogP contribution in [0.15, 0.2) is 28.9 Å². The number of carbonyl (C=O) groups excluding carboxylic acids is 1. The second-order valence-corrected chi connectivity index (χ2v) is 4.70. The van der Waals surface area contributed by atoms with Crippen molar-refractivity contribution >= 4 is 5.91 Å². The van der Waals surface area contributed by atoms with Crippen LogP contribution in [0, 0.1) is 20.8 Å². The lowest BCUT2D eigenvalue weighted by atomic mass is 10.1. The van der Waals surface area contributed by atoms with Gasteiger partial charge >= 0.3 is 0 Å². The van der Waals surface area contributed by atoms with E-state index in [0.29, 0.717) is 11.3 Å². The number of hydrogen-bond acceptors (Lipinski definition) is 3. The number of amides is 1. The van der Waals surface area contributed by atoms with Crippen molar-refractivity contribution in [2.24, 2.45) is 0 Å². The Labute approximate surface area is 112 Å². The van der Waals surface area contributed by atoms with Gasteiger partial charge in [0.05, 0.1) is 11.6 Å². The van der Waals surface area contributed by atoms with Crippen LogP contribution in [0.3, 0.4) is 0 Å². The van der Waals surface area contributed by atoms with Crippen molar-refractivity contribution in [3.8, 4) is 0 Å². The zero-order chi connectivity index (χ0) is 14.0. The molecule has 1 atom stereocenters. The van der Waals surface area contributed by atoms with Crippen molar-refractivity contribution in [2.45, 2.75) is 33.7 Å². The molecule has 0 aliphatic heterocycles. The molecule has 0 aliphatic carbocycles. The third kappa shape index (κ3) is 2.67. The summed E-state index contributed by atoms with van der Waals surface area (Å²) in [6, 6.07) is 3.71. The van der Waals surface area contributed by atoms with Crippen molar-refractivity contribution in [3.05, 3.63) is 52.7 Å². The average molecular weight is 258 g/mol. The lowest BCUT2D eigenvalue weighted by Gasteiger charge is -2.13. The number of aromatic nitrogens is 1. The summed E-state index contributed by atoms with van der Waals surface area (Å²) in [4.78, 5) is 16.3. The number of nitrogens with one attached hydrogen (secondary N) is 1. The molecule has 2 aromatic heterocycles. The number of rotatable bonds is 3. The van der Waals surface area contributed by atoms with Crippen molar-refractivity contribution in [3.63, 3.8) is 0 Å². The van der Waals surface area contributed by atoms with Crippen LogP contribution in [0.4, 0.5) is 0 Å². The zero-order valence-corrected chi connectivity index (χ0v) is 11.7. The average Bonchev–Trinajstić information content (AvgIpc) is 2.64. The lowest BCUT2D eigenvalue weighted by Crippen LogP contribution is -2.27. The highest BCUT2D eigenvalue weighted by atomic mass is 16.3. The van der Waals surface area contributed by atoms with E-state index < -0.39 is 0 Å². The Balaban J connectivity index is 2.18. The molecule has 4 nitrogen and oxygen atoms in total. The Hall–Kier alpha value is -2.10. The van der Waals surface area contributed by atoms with Crippen LogP contribution in [0.2, 0.25) is 0 Å². The molecule has 1 N–H and O–H groups in total. The number of carbonyl (C=O) groups is 1. The summed E-state index contributed by atoms with van der Waals surface area (Å²) in [6.07, 6.45) is 3.47. The number of nitrogens with zero attached hydrogens (tertiary/aromatic N) is 1. The van der Waals surface area contributed by atoms with E-state index in [1.807, 2.05) is 39.8 Å². The summed E-state index contributed by atoms with van der Waals surface area (Å²) >= 11 is 0. The van der Waals surface area contributed by atoms with E-state index in [1.165, 1.54) is 0 Å². The molecule has 0 saturated carbocycles. The molecule has 1 amide bonds. The molecule has 100 valence electrons. The quantitative estimate of drug-likeness (QED) is 0.920. The van der Waals surface area contributed by atoms with Crippen LogP contribution in [0.1, 0.15) is 46.0 Å². The minimum atomic E-state index is -0.108. The van der Waals surface area contributed by atoms with Gasteiger partial charge in [-0.1, -0.05) is 6.07 Å². The summed E-state index contributed by atoms with van der Waals surface area (Å²) in [5.74, 6) is 1.34. The Bertz CT molecular complexity index is 588. The Kier molecular flexibility index (Phi) is 3.69. The van der Waals surface area contributed by atoms with Gasteiger partial charge < -0.3 is 9.73 Å². The molecule has 2 rings (SSSR count). The first-order valence-corrected chi connectivity index (χ1v) is 6.28. The van der Waals surface area contributed by atoms with Gasteiger partial charge in [0.1, 0.15) is 11.5 Å². The predicted molar refractivity (Wildman–Crippen MR) is 73.0 cm³/mol. The van der Waals surface area contributed by atoms with Crippen molar-refractivity contribution in [2.75, 3.05) is 0 Å². The smallest absolute Gasteiger partial charge is 0.255 e. The van der Waals surface area contributed by atoms with Gasteiger partial charge in [-0.25, -0.2) is 0 Å². The van der Waals surface area contributed by atoms with E-state index in [1.54, 1.807) is 12.4 Å². The first-order valence-electron chi connectivity index (χ1n) is 6.28. The van der Waals surface area contributed by atoms with Gasteiger partial charge in [-0.15, -0.1) is 0 Å². The zero-order valence-electron chi connectivity index (χ0n) is 11.7. The van der Waals surface area contributed by atoms with Gasteiger partial charge in [-0.3, -0.25) is 9.78 Å². The molecule has 0 aromatic carbocycles. The summed E-state index contributed by atoms with van der Waals surface area (Å²) in [7, 11) is 0. The predicted octanol–water partition coefficient (Wildman–Crippen LogP) is 3.09. The molecule has 0 saturated heterocycles. The number of pyridine rings is 1. The molecule has 2 aromatic rings. The Morgan fingerprint density at radius 3 is 2.58 bits per heavy atom. The highest BCUT2D eigenvalue weighted by Crippen LogP contribution is 2.21. The van der Waals surface area contributed by atoms with E-state index in [4.69, 9.17) is 4.42 Å². The first-order chi connectivity index (χ1) is 9.00. The maximum Gasteiger partial charge on any atom is 0.255 e. The summed E-state index contributed by atoms with van der Waals surface area (Å²) in [6.45, 7) is 7.51. The van der Waals surface area contributed by atoms with Gasteiger partial charge in [-0.05, 0) is 39.3 Å². The molecule has 0 spiro atoms. The molecule has 19 heavy (non-hydrogen) atoms. The highest BCUT2D eigenvalue weighted by molar-refractivity contribution is 5.97. The first kappa shape index (κ1) is 13.3. The fourth-order valence-corrected chi connectivity index (χ4v) is 2.11. The fraction of sp³-hybridized carbons (Fsp3) is 0.333. The molecule has 0 radical (unpaired) electrons. The topological polar surface area (TPSA) is 55.1 Å².